The number of halogens is 1. The number of amides is 1. The van der Waals surface area contributed by atoms with E-state index in [-0.39, 0.29) is 11.3 Å². The highest BCUT2D eigenvalue weighted by Crippen LogP contribution is 2.50. The Morgan fingerprint density at radius 3 is 2.31 bits per heavy atom. The molecule has 26 heavy (non-hydrogen) atoms. The summed E-state index contributed by atoms with van der Waals surface area (Å²) in [7, 11) is 1.67. The molecule has 4 nitrogen and oxygen atoms in total. The molecule has 1 amide bonds. The van der Waals surface area contributed by atoms with E-state index >= 15 is 0 Å². The highest BCUT2D eigenvalue weighted by molar-refractivity contribution is 6.30. The van der Waals surface area contributed by atoms with Crippen molar-refractivity contribution in [1.29, 1.82) is 0 Å². The Balaban J connectivity index is 1.42. The number of hydrogen-bond acceptors (Lipinski definition) is 3. The summed E-state index contributed by atoms with van der Waals surface area (Å²) >= 11 is 6.14. The van der Waals surface area contributed by atoms with Crippen molar-refractivity contribution in [3.63, 3.8) is 0 Å². The summed E-state index contributed by atoms with van der Waals surface area (Å²) in [4.78, 5) is 17.5. The van der Waals surface area contributed by atoms with Crippen molar-refractivity contribution < 1.29 is 9.53 Å². The maximum atomic E-state index is 13.2. The van der Waals surface area contributed by atoms with Crippen LogP contribution < -0.4 is 9.64 Å². The number of carbonyl (C=O) groups excluding carboxylic acids is 1. The Morgan fingerprint density at radius 2 is 1.73 bits per heavy atom. The summed E-state index contributed by atoms with van der Waals surface area (Å²) in [6.07, 6.45) is 1.84. The number of hydrogen-bond donors (Lipinski definition) is 0. The van der Waals surface area contributed by atoms with Crippen molar-refractivity contribution in [2.75, 3.05) is 38.2 Å². The number of piperazine rings is 1. The van der Waals surface area contributed by atoms with Gasteiger partial charge in [0, 0.05) is 36.9 Å². The highest BCUT2D eigenvalue weighted by atomic mass is 35.5. The lowest BCUT2D eigenvalue weighted by Crippen LogP contribution is -2.51. The first-order valence-electron chi connectivity index (χ1n) is 9.07. The molecule has 0 radical (unpaired) electrons. The van der Waals surface area contributed by atoms with Crippen LogP contribution in [0, 0.1) is 0 Å². The normalized spacial score (nSPS) is 18.5. The van der Waals surface area contributed by atoms with Crippen molar-refractivity contribution in [3.8, 4) is 5.75 Å². The molecular formula is C21H23ClN2O2. The summed E-state index contributed by atoms with van der Waals surface area (Å²) in [5.74, 6) is 1.12. The first kappa shape index (κ1) is 17.2. The fourth-order valence-corrected chi connectivity index (χ4v) is 3.99. The van der Waals surface area contributed by atoms with Gasteiger partial charge in [-0.3, -0.25) is 4.79 Å². The molecule has 1 aliphatic heterocycles. The van der Waals surface area contributed by atoms with E-state index < -0.39 is 0 Å². The molecule has 1 saturated heterocycles. The van der Waals surface area contributed by atoms with Crippen LogP contribution in [0.2, 0.25) is 5.02 Å². The van der Waals surface area contributed by atoms with E-state index in [0.29, 0.717) is 5.02 Å². The summed E-state index contributed by atoms with van der Waals surface area (Å²) in [6.45, 7) is 3.22. The molecule has 4 rings (SSSR count). The average Bonchev–Trinajstić information content (AvgIpc) is 3.50. The van der Waals surface area contributed by atoms with Crippen LogP contribution in [0.15, 0.2) is 48.5 Å². The minimum absolute atomic E-state index is 0.258. The van der Waals surface area contributed by atoms with Crippen molar-refractivity contribution in [2.24, 2.45) is 0 Å². The fraction of sp³-hybridized carbons (Fsp3) is 0.381. The summed E-state index contributed by atoms with van der Waals surface area (Å²) in [5, 5.41) is 0.700. The molecule has 2 fully saturated rings. The van der Waals surface area contributed by atoms with Crippen LogP contribution in [0.4, 0.5) is 5.69 Å². The van der Waals surface area contributed by atoms with Gasteiger partial charge in [0.2, 0.25) is 5.91 Å². The van der Waals surface area contributed by atoms with Crippen LogP contribution in [0.25, 0.3) is 0 Å². The van der Waals surface area contributed by atoms with E-state index in [0.717, 1.165) is 50.3 Å². The number of carbonyl (C=O) groups is 1. The van der Waals surface area contributed by atoms with Crippen LogP contribution in [0.3, 0.4) is 0 Å². The van der Waals surface area contributed by atoms with Crippen LogP contribution in [-0.4, -0.2) is 44.1 Å². The zero-order chi connectivity index (χ0) is 18.1. The minimum Gasteiger partial charge on any atom is -0.497 e. The van der Waals surface area contributed by atoms with Gasteiger partial charge in [0.15, 0.2) is 0 Å². The predicted molar refractivity (Wildman–Crippen MR) is 104 cm³/mol. The monoisotopic (exact) mass is 370 g/mol. The molecule has 2 aromatic carbocycles. The average molecular weight is 371 g/mol. The van der Waals surface area contributed by atoms with Crippen LogP contribution in [-0.2, 0) is 10.2 Å². The number of benzene rings is 2. The molecule has 0 N–H and O–H groups in total. The van der Waals surface area contributed by atoms with Crippen LogP contribution in [0.5, 0.6) is 5.75 Å². The lowest BCUT2D eigenvalue weighted by molar-refractivity contribution is -0.134. The standard InChI is InChI=1S/C21H23ClN2O2/c1-26-19-7-5-18(6-8-19)23-11-13-24(14-12-23)20(25)21(9-10-21)16-3-2-4-17(22)15-16/h2-8,15H,9-14H2,1H3. The number of ether oxygens (including phenoxy) is 1. The summed E-state index contributed by atoms with van der Waals surface area (Å²) in [5.41, 5.74) is 1.90. The van der Waals surface area contributed by atoms with Gasteiger partial charge in [0.05, 0.1) is 12.5 Å². The first-order valence-corrected chi connectivity index (χ1v) is 9.45. The topological polar surface area (TPSA) is 32.8 Å². The van der Waals surface area contributed by atoms with E-state index in [9.17, 15) is 4.79 Å². The van der Waals surface area contributed by atoms with Gasteiger partial charge in [-0.1, -0.05) is 23.7 Å². The number of nitrogens with zero attached hydrogens (tertiary/aromatic N) is 2. The van der Waals surface area contributed by atoms with E-state index in [1.807, 2.05) is 41.3 Å². The van der Waals surface area contributed by atoms with Gasteiger partial charge in [-0.2, -0.15) is 0 Å². The highest BCUT2D eigenvalue weighted by Gasteiger charge is 2.53. The molecule has 5 heteroatoms. The Kier molecular flexibility index (Phi) is 4.53. The molecular weight excluding hydrogens is 348 g/mol. The van der Waals surface area contributed by atoms with Gasteiger partial charge in [-0.05, 0) is 54.8 Å². The zero-order valence-corrected chi connectivity index (χ0v) is 15.7. The maximum Gasteiger partial charge on any atom is 0.233 e. The van der Waals surface area contributed by atoms with Gasteiger partial charge in [0.25, 0.3) is 0 Å². The fourth-order valence-electron chi connectivity index (χ4n) is 3.80. The molecule has 2 aliphatic rings. The second kappa shape index (κ2) is 6.84. The number of anilines is 1. The predicted octanol–water partition coefficient (Wildman–Crippen LogP) is 3.73. The van der Waals surface area contributed by atoms with Gasteiger partial charge >= 0.3 is 0 Å². The van der Waals surface area contributed by atoms with Crippen LogP contribution in [0.1, 0.15) is 18.4 Å². The Hall–Kier alpha value is -2.20. The minimum atomic E-state index is -0.340. The lowest BCUT2D eigenvalue weighted by Gasteiger charge is -2.38. The number of methoxy groups -OCH3 is 1. The molecule has 1 saturated carbocycles. The molecule has 0 aromatic heterocycles. The third-order valence-corrected chi connectivity index (χ3v) is 5.78. The van der Waals surface area contributed by atoms with Gasteiger partial charge < -0.3 is 14.5 Å². The third-order valence-electron chi connectivity index (χ3n) is 5.54. The van der Waals surface area contributed by atoms with Crippen molar-refractivity contribution in [1.82, 2.24) is 4.90 Å². The zero-order valence-electron chi connectivity index (χ0n) is 15.0. The van der Waals surface area contributed by atoms with Gasteiger partial charge in [-0.15, -0.1) is 0 Å². The molecule has 0 bridgehead atoms. The van der Waals surface area contributed by atoms with Crippen molar-refractivity contribution in [2.45, 2.75) is 18.3 Å². The smallest absolute Gasteiger partial charge is 0.233 e. The Bertz CT molecular complexity index is 794. The van der Waals surface area contributed by atoms with E-state index in [4.69, 9.17) is 16.3 Å². The maximum absolute atomic E-state index is 13.2. The van der Waals surface area contributed by atoms with Crippen molar-refractivity contribution >= 4 is 23.2 Å². The molecule has 0 atom stereocenters. The molecule has 2 aromatic rings. The van der Waals surface area contributed by atoms with Gasteiger partial charge in [-0.25, -0.2) is 0 Å². The van der Waals surface area contributed by atoms with Gasteiger partial charge in [0.1, 0.15) is 5.75 Å². The van der Waals surface area contributed by atoms with E-state index in [2.05, 4.69) is 17.0 Å². The second-order valence-electron chi connectivity index (χ2n) is 7.07. The summed E-state index contributed by atoms with van der Waals surface area (Å²) in [6, 6.07) is 15.9. The Morgan fingerprint density at radius 1 is 1.04 bits per heavy atom. The molecule has 0 unspecified atom stereocenters. The molecule has 1 aliphatic carbocycles. The second-order valence-corrected chi connectivity index (χ2v) is 7.51. The molecule has 1 heterocycles. The lowest BCUT2D eigenvalue weighted by atomic mass is 9.94. The quantitative estimate of drug-likeness (QED) is 0.822. The van der Waals surface area contributed by atoms with E-state index in [1.54, 1.807) is 7.11 Å². The summed E-state index contributed by atoms with van der Waals surface area (Å²) < 4.78 is 5.22. The first-order chi connectivity index (χ1) is 12.6. The van der Waals surface area contributed by atoms with Crippen molar-refractivity contribution in [3.05, 3.63) is 59.1 Å². The molecule has 136 valence electrons. The largest absolute Gasteiger partial charge is 0.497 e. The van der Waals surface area contributed by atoms with E-state index in [1.165, 1.54) is 5.69 Å². The Labute approximate surface area is 159 Å². The number of rotatable bonds is 4. The third kappa shape index (κ3) is 3.14. The van der Waals surface area contributed by atoms with Crippen LogP contribution >= 0.6 is 11.6 Å². The molecule has 0 spiro atoms. The SMILES string of the molecule is COc1ccc(N2CCN(C(=O)C3(c4cccc(Cl)c4)CC3)CC2)cc1.